The minimum atomic E-state index is -5.23. The standard InChI is InChI=1S/C20H21ClF3N3O5S/c1-3-10-25-17(28)12-4-6-13(7-5-12)27-33(31,32)14-8-9-16(15(21)11-14)26-18(29)19(2,30)20(22,23)24/h4-9,11,27,30H,3,10H2,1-2H3,(H,25,28)(H,26,29)/t19-/m1/s1. The molecule has 0 aliphatic rings. The van der Waals surface area contributed by atoms with Gasteiger partial charge in [-0.05, 0) is 55.8 Å². The molecule has 1 atom stereocenters. The van der Waals surface area contributed by atoms with E-state index in [1.807, 2.05) is 12.2 Å². The highest BCUT2D eigenvalue weighted by atomic mass is 35.5. The van der Waals surface area contributed by atoms with Crippen LogP contribution in [0.4, 0.5) is 24.5 Å². The molecule has 0 bridgehead atoms. The van der Waals surface area contributed by atoms with Gasteiger partial charge >= 0.3 is 6.18 Å². The lowest BCUT2D eigenvalue weighted by Gasteiger charge is -2.25. The van der Waals surface area contributed by atoms with Crippen molar-refractivity contribution in [1.29, 1.82) is 0 Å². The van der Waals surface area contributed by atoms with Gasteiger partial charge in [0.1, 0.15) is 0 Å². The number of hydrogen-bond acceptors (Lipinski definition) is 5. The van der Waals surface area contributed by atoms with Gasteiger partial charge in [-0.15, -0.1) is 0 Å². The molecule has 8 nitrogen and oxygen atoms in total. The average molecular weight is 508 g/mol. The Morgan fingerprint density at radius 1 is 1.09 bits per heavy atom. The summed E-state index contributed by atoms with van der Waals surface area (Å²) in [5.41, 5.74) is -3.52. The number of alkyl halides is 3. The molecule has 0 aliphatic carbocycles. The molecule has 0 fully saturated rings. The molecule has 0 saturated carbocycles. The molecular formula is C20H21ClF3N3O5S. The Hall–Kier alpha value is -2.83. The summed E-state index contributed by atoms with van der Waals surface area (Å²) in [7, 11) is -4.16. The summed E-state index contributed by atoms with van der Waals surface area (Å²) in [6.07, 6.45) is -4.47. The number of carbonyl (C=O) groups excluding carboxylic acids is 2. The molecular weight excluding hydrogens is 487 g/mol. The van der Waals surface area contributed by atoms with Crippen molar-refractivity contribution < 1.29 is 36.3 Å². The Balaban J connectivity index is 2.16. The summed E-state index contributed by atoms with van der Waals surface area (Å²) < 4.78 is 65.9. The zero-order valence-corrected chi connectivity index (χ0v) is 19.0. The highest BCUT2D eigenvalue weighted by molar-refractivity contribution is 7.92. The molecule has 180 valence electrons. The summed E-state index contributed by atoms with van der Waals surface area (Å²) in [5, 5.41) is 13.5. The highest BCUT2D eigenvalue weighted by Crippen LogP contribution is 2.33. The fraction of sp³-hybridized carbons (Fsp3) is 0.300. The van der Waals surface area contributed by atoms with E-state index in [9.17, 15) is 36.3 Å². The van der Waals surface area contributed by atoms with E-state index in [1.54, 1.807) is 0 Å². The molecule has 2 aromatic carbocycles. The Bertz CT molecular complexity index is 1140. The van der Waals surface area contributed by atoms with Gasteiger partial charge in [-0.1, -0.05) is 18.5 Å². The second-order valence-electron chi connectivity index (χ2n) is 7.10. The molecule has 0 aliphatic heterocycles. The smallest absolute Gasteiger partial charge is 0.373 e. The molecule has 0 spiro atoms. The van der Waals surface area contributed by atoms with E-state index >= 15 is 0 Å². The maximum atomic E-state index is 12.8. The van der Waals surface area contributed by atoms with Crippen LogP contribution in [-0.4, -0.2) is 43.7 Å². The minimum Gasteiger partial charge on any atom is -0.373 e. The van der Waals surface area contributed by atoms with E-state index < -0.39 is 27.7 Å². The van der Waals surface area contributed by atoms with Gasteiger partial charge in [0.25, 0.3) is 21.8 Å². The number of benzene rings is 2. The first-order valence-electron chi connectivity index (χ1n) is 9.50. The SMILES string of the molecule is CCCNC(=O)c1ccc(NS(=O)(=O)c2ccc(NC(=O)[C@@](C)(O)C(F)(F)F)c(Cl)c2)cc1. The number of sulfonamides is 1. The van der Waals surface area contributed by atoms with Gasteiger partial charge in [0.05, 0.1) is 15.6 Å². The van der Waals surface area contributed by atoms with Crippen molar-refractivity contribution in [3.8, 4) is 0 Å². The van der Waals surface area contributed by atoms with Gasteiger partial charge in [0.2, 0.25) is 5.60 Å². The molecule has 2 amide bonds. The third-order valence-corrected chi connectivity index (χ3v) is 6.12. The first kappa shape index (κ1) is 26.4. The second-order valence-corrected chi connectivity index (χ2v) is 9.19. The van der Waals surface area contributed by atoms with E-state index in [0.717, 1.165) is 24.6 Å². The normalized spacial score (nSPS) is 13.7. The number of rotatable bonds is 8. The average Bonchev–Trinajstić information content (AvgIpc) is 2.72. The van der Waals surface area contributed by atoms with Gasteiger partial charge in [-0.2, -0.15) is 13.2 Å². The van der Waals surface area contributed by atoms with E-state index in [0.29, 0.717) is 12.1 Å². The predicted octanol–water partition coefficient (Wildman–Crippen LogP) is 3.53. The van der Waals surface area contributed by atoms with Crippen LogP contribution in [0, 0.1) is 0 Å². The predicted molar refractivity (Wildman–Crippen MR) is 117 cm³/mol. The van der Waals surface area contributed by atoms with Crippen LogP contribution in [0.3, 0.4) is 0 Å². The summed E-state index contributed by atoms with van der Waals surface area (Å²) in [5.74, 6) is -2.09. The molecule has 0 radical (unpaired) electrons. The molecule has 2 aromatic rings. The lowest BCUT2D eigenvalue weighted by Crippen LogP contribution is -2.52. The lowest BCUT2D eigenvalue weighted by molar-refractivity contribution is -0.242. The van der Waals surface area contributed by atoms with E-state index in [4.69, 9.17) is 11.6 Å². The maximum Gasteiger partial charge on any atom is 0.426 e. The molecule has 0 saturated heterocycles. The minimum absolute atomic E-state index is 0.150. The summed E-state index contributed by atoms with van der Waals surface area (Å²) >= 11 is 5.93. The first-order chi connectivity index (χ1) is 15.2. The third-order valence-electron chi connectivity index (χ3n) is 4.43. The molecule has 4 N–H and O–H groups in total. The number of nitrogens with one attached hydrogen (secondary N) is 3. The molecule has 0 heterocycles. The maximum absolute atomic E-state index is 12.8. The van der Waals surface area contributed by atoms with Crippen molar-refractivity contribution in [3.63, 3.8) is 0 Å². The van der Waals surface area contributed by atoms with Crippen LogP contribution in [-0.2, 0) is 14.8 Å². The largest absolute Gasteiger partial charge is 0.426 e. The van der Waals surface area contributed by atoms with Crippen LogP contribution in [0.25, 0.3) is 0 Å². The zero-order chi connectivity index (χ0) is 25.0. The number of amides is 2. The summed E-state index contributed by atoms with van der Waals surface area (Å²) in [6.45, 7) is 2.67. The van der Waals surface area contributed by atoms with Gasteiger partial charge in [0.15, 0.2) is 0 Å². The summed E-state index contributed by atoms with van der Waals surface area (Å²) in [4.78, 5) is 23.4. The fourth-order valence-corrected chi connectivity index (χ4v) is 3.76. The lowest BCUT2D eigenvalue weighted by atomic mass is 10.1. The van der Waals surface area contributed by atoms with Crippen molar-refractivity contribution in [1.82, 2.24) is 5.32 Å². The molecule has 33 heavy (non-hydrogen) atoms. The zero-order valence-electron chi connectivity index (χ0n) is 17.5. The van der Waals surface area contributed by atoms with Crippen LogP contribution >= 0.6 is 11.6 Å². The molecule has 0 unspecified atom stereocenters. The number of hydrogen-bond donors (Lipinski definition) is 4. The topological polar surface area (TPSA) is 125 Å². The Labute approximate surface area is 193 Å². The molecule has 0 aromatic heterocycles. The van der Waals surface area contributed by atoms with Crippen LogP contribution in [0.15, 0.2) is 47.4 Å². The number of halogens is 4. The van der Waals surface area contributed by atoms with Gasteiger partial charge < -0.3 is 15.7 Å². The number of carbonyl (C=O) groups is 2. The fourth-order valence-electron chi connectivity index (χ4n) is 2.38. The number of anilines is 2. The van der Waals surface area contributed by atoms with E-state index in [2.05, 4.69) is 10.0 Å². The molecule has 13 heteroatoms. The highest BCUT2D eigenvalue weighted by Gasteiger charge is 2.55. The van der Waals surface area contributed by atoms with Crippen LogP contribution in [0.5, 0.6) is 0 Å². The van der Waals surface area contributed by atoms with Gasteiger partial charge in [0, 0.05) is 17.8 Å². The molecule has 2 rings (SSSR count). The number of aliphatic hydroxyl groups is 1. The van der Waals surface area contributed by atoms with Crippen LogP contribution < -0.4 is 15.4 Å². The van der Waals surface area contributed by atoms with Crippen molar-refractivity contribution >= 4 is 44.8 Å². The third kappa shape index (κ3) is 6.36. The van der Waals surface area contributed by atoms with Crippen molar-refractivity contribution in [2.75, 3.05) is 16.6 Å². The Morgan fingerprint density at radius 2 is 1.70 bits per heavy atom. The van der Waals surface area contributed by atoms with Gasteiger partial charge in [-0.3, -0.25) is 14.3 Å². The second kappa shape index (κ2) is 9.98. The van der Waals surface area contributed by atoms with E-state index in [1.165, 1.54) is 24.3 Å². The van der Waals surface area contributed by atoms with Crippen molar-refractivity contribution in [2.24, 2.45) is 0 Å². The van der Waals surface area contributed by atoms with Crippen molar-refractivity contribution in [3.05, 3.63) is 53.1 Å². The van der Waals surface area contributed by atoms with Crippen LogP contribution in [0.1, 0.15) is 30.6 Å². The van der Waals surface area contributed by atoms with Gasteiger partial charge in [-0.25, -0.2) is 8.42 Å². The summed E-state index contributed by atoms with van der Waals surface area (Å²) in [6, 6.07) is 8.55. The Kier molecular flexibility index (Phi) is 7.99. The van der Waals surface area contributed by atoms with E-state index in [-0.39, 0.29) is 34.1 Å². The van der Waals surface area contributed by atoms with Crippen molar-refractivity contribution in [2.45, 2.75) is 36.9 Å². The monoisotopic (exact) mass is 507 g/mol. The quantitative estimate of drug-likeness (QED) is 0.435. The van der Waals surface area contributed by atoms with Crippen LogP contribution in [0.2, 0.25) is 5.02 Å². The first-order valence-corrected chi connectivity index (χ1v) is 11.4. The Morgan fingerprint density at radius 3 is 2.21 bits per heavy atom.